The van der Waals surface area contributed by atoms with Crippen LogP contribution in [0.1, 0.15) is 23.2 Å². The lowest BCUT2D eigenvalue weighted by atomic mass is 10.3. The molecular weight excluding hydrogens is 329 g/mol. The van der Waals surface area contributed by atoms with Gasteiger partial charge in [-0.15, -0.1) is 0 Å². The molecule has 1 heterocycles. The van der Waals surface area contributed by atoms with Crippen LogP contribution in [0.4, 0.5) is 5.69 Å². The number of benzene rings is 1. The normalized spacial score (nSPS) is 10.2. The number of carbonyl (C=O) groups excluding carboxylic acids is 1. The Morgan fingerprint density at radius 1 is 1.29 bits per heavy atom. The van der Waals surface area contributed by atoms with Gasteiger partial charge < -0.3 is 9.73 Å². The zero-order valence-electron chi connectivity index (χ0n) is 9.37. The van der Waals surface area contributed by atoms with E-state index in [0.29, 0.717) is 5.76 Å². The highest BCUT2D eigenvalue weighted by Gasteiger charge is 2.11. The van der Waals surface area contributed by atoms with Crippen molar-refractivity contribution >= 4 is 34.2 Å². The Bertz CT molecular complexity index is 534. The highest BCUT2D eigenvalue weighted by Crippen LogP contribution is 2.18. The molecular formula is C13H12INO2. The van der Waals surface area contributed by atoms with Crippen LogP contribution in [0, 0.1) is 3.57 Å². The molecule has 0 spiro atoms. The van der Waals surface area contributed by atoms with Crippen molar-refractivity contribution in [1.29, 1.82) is 0 Å². The first-order chi connectivity index (χ1) is 8.20. The first-order valence-electron chi connectivity index (χ1n) is 5.35. The molecule has 1 N–H and O–H groups in total. The molecule has 17 heavy (non-hydrogen) atoms. The second-order valence-corrected chi connectivity index (χ2v) is 4.72. The van der Waals surface area contributed by atoms with E-state index in [1.54, 1.807) is 6.07 Å². The maximum absolute atomic E-state index is 11.9. The fraction of sp³-hybridized carbons (Fsp3) is 0.154. The lowest BCUT2D eigenvalue weighted by Gasteiger charge is -2.04. The monoisotopic (exact) mass is 341 g/mol. The number of aryl methyl sites for hydroxylation is 1. The highest BCUT2D eigenvalue weighted by atomic mass is 127. The maximum Gasteiger partial charge on any atom is 0.291 e. The van der Waals surface area contributed by atoms with E-state index < -0.39 is 0 Å². The van der Waals surface area contributed by atoms with Crippen molar-refractivity contribution in [2.75, 3.05) is 5.32 Å². The van der Waals surface area contributed by atoms with Crippen molar-refractivity contribution < 1.29 is 9.21 Å². The number of furan rings is 1. The molecule has 1 amide bonds. The van der Waals surface area contributed by atoms with Gasteiger partial charge in [-0.2, -0.15) is 0 Å². The molecule has 3 nitrogen and oxygen atoms in total. The molecule has 0 fully saturated rings. The topological polar surface area (TPSA) is 42.2 Å². The molecule has 0 aliphatic carbocycles. The van der Waals surface area contributed by atoms with E-state index in [1.165, 1.54) is 0 Å². The predicted molar refractivity (Wildman–Crippen MR) is 75.2 cm³/mol. The van der Waals surface area contributed by atoms with E-state index in [2.05, 4.69) is 27.9 Å². The molecule has 2 rings (SSSR count). The number of hydrogen-bond acceptors (Lipinski definition) is 2. The van der Waals surface area contributed by atoms with E-state index in [9.17, 15) is 4.79 Å². The summed E-state index contributed by atoms with van der Waals surface area (Å²) in [5, 5.41) is 2.82. The summed E-state index contributed by atoms with van der Waals surface area (Å²) in [5.41, 5.74) is 0.799. The minimum atomic E-state index is -0.214. The van der Waals surface area contributed by atoms with Crippen molar-refractivity contribution in [3.8, 4) is 0 Å². The van der Waals surface area contributed by atoms with Crippen molar-refractivity contribution in [1.82, 2.24) is 0 Å². The third-order valence-electron chi connectivity index (χ3n) is 2.36. The van der Waals surface area contributed by atoms with Gasteiger partial charge in [-0.25, -0.2) is 0 Å². The van der Waals surface area contributed by atoms with Crippen molar-refractivity contribution in [2.45, 2.75) is 13.3 Å². The Labute approximate surface area is 113 Å². The van der Waals surface area contributed by atoms with E-state index in [-0.39, 0.29) is 5.91 Å². The van der Waals surface area contributed by atoms with Crippen LogP contribution < -0.4 is 5.32 Å². The quantitative estimate of drug-likeness (QED) is 0.865. The third-order valence-corrected chi connectivity index (χ3v) is 3.30. The summed E-state index contributed by atoms with van der Waals surface area (Å²) in [6.45, 7) is 1.99. The van der Waals surface area contributed by atoms with Crippen LogP contribution in [-0.2, 0) is 6.42 Å². The summed E-state index contributed by atoms with van der Waals surface area (Å²) < 4.78 is 6.39. The van der Waals surface area contributed by atoms with Crippen LogP contribution in [0.15, 0.2) is 40.8 Å². The third kappa shape index (κ3) is 2.88. The first-order valence-corrected chi connectivity index (χ1v) is 6.43. The molecule has 0 radical (unpaired) electrons. The van der Waals surface area contributed by atoms with Gasteiger partial charge in [0.05, 0.1) is 5.69 Å². The summed E-state index contributed by atoms with van der Waals surface area (Å²) in [7, 11) is 0. The number of carbonyl (C=O) groups is 1. The van der Waals surface area contributed by atoms with Crippen LogP contribution in [0.3, 0.4) is 0 Å². The van der Waals surface area contributed by atoms with Gasteiger partial charge >= 0.3 is 0 Å². The van der Waals surface area contributed by atoms with Crippen molar-refractivity contribution in [3.05, 3.63) is 51.5 Å². The summed E-state index contributed by atoms with van der Waals surface area (Å²) in [6, 6.07) is 11.1. The SMILES string of the molecule is CCc1ccc(C(=O)Nc2ccccc2I)o1. The highest BCUT2D eigenvalue weighted by molar-refractivity contribution is 14.1. The smallest absolute Gasteiger partial charge is 0.291 e. The van der Waals surface area contributed by atoms with Crippen molar-refractivity contribution in [2.24, 2.45) is 0 Å². The zero-order valence-corrected chi connectivity index (χ0v) is 11.5. The fourth-order valence-corrected chi connectivity index (χ4v) is 1.96. The van der Waals surface area contributed by atoms with Crippen LogP contribution >= 0.6 is 22.6 Å². The minimum Gasteiger partial charge on any atom is -0.456 e. The van der Waals surface area contributed by atoms with Gasteiger partial charge in [0.2, 0.25) is 0 Å². The number of anilines is 1. The molecule has 1 aromatic heterocycles. The summed E-state index contributed by atoms with van der Waals surface area (Å²) in [4.78, 5) is 11.9. The number of rotatable bonds is 3. The Hall–Kier alpha value is -1.30. The summed E-state index contributed by atoms with van der Waals surface area (Å²) >= 11 is 2.18. The lowest BCUT2D eigenvalue weighted by Crippen LogP contribution is -2.11. The average molecular weight is 341 g/mol. The molecule has 0 saturated carbocycles. The standard InChI is InChI=1S/C13H12INO2/c1-2-9-7-8-12(17-9)13(16)15-11-6-4-3-5-10(11)14/h3-8H,2H2,1H3,(H,15,16). The van der Waals surface area contributed by atoms with E-state index >= 15 is 0 Å². The van der Waals surface area contributed by atoms with Gasteiger partial charge in [0.1, 0.15) is 5.76 Å². The van der Waals surface area contributed by atoms with Gasteiger partial charge in [0, 0.05) is 9.99 Å². The lowest BCUT2D eigenvalue weighted by molar-refractivity contribution is 0.0995. The molecule has 0 aliphatic heterocycles. The van der Waals surface area contributed by atoms with Gasteiger partial charge in [-0.3, -0.25) is 4.79 Å². The molecule has 1 aromatic carbocycles. The Morgan fingerprint density at radius 2 is 2.06 bits per heavy atom. The predicted octanol–water partition coefficient (Wildman–Crippen LogP) is 3.70. The largest absolute Gasteiger partial charge is 0.456 e. The van der Waals surface area contributed by atoms with Gasteiger partial charge in [-0.1, -0.05) is 19.1 Å². The van der Waals surface area contributed by atoms with Gasteiger partial charge in [0.15, 0.2) is 5.76 Å². The Morgan fingerprint density at radius 3 is 2.71 bits per heavy atom. The summed E-state index contributed by atoms with van der Waals surface area (Å²) in [6.07, 6.45) is 0.788. The van der Waals surface area contributed by atoms with Gasteiger partial charge in [-0.05, 0) is 46.9 Å². The Balaban J connectivity index is 2.14. The van der Waals surface area contributed by atoms with Crippen LogP contribution in [0.5, 0.6) is 0 Å². The number of hydrogen-bond donors (Lipinski definition) is 1. The van der Waals surface area contributed by atoms with E-state index in [0.717, 1.165) is 21.4 Å². The molecule has 88 valence electrons. The number of amides is 1. The molecule has 0 atom stereocenters. The van der Waals surface area contributed by atoms with Crippen LogP contribution in [-0.4, -0.2) is 5.91 Å². The number of para-hydroxylation sites is 1. The van der Waals surface area contributed by atoms with Crippen LogP contribution in [0.25, 0.3) is 0 Å². The zero-order chi connectivity index (χ0) is 12.3. The Kier molecular flexibility index (Phi) is 3.83. The molecule has 0 aliphatic rings. The summed E-state index contributed by atoms with van der Waals surface area (Å²) in [5.74, 6) is 0.952. The maximum atomic E-state index is 11.9. The second-order valence-electron chi connectivity index (χ2n) is 3.55. The minimum absolute atomic E-state index is 0.214. The average Bonchev–Trinajstić information content (AvgIpc) is 2.81. The molecule has 0 bridgehead atoms. The second kappa shape index (κ2) is 5.35. The van der Waals surface area contributed by atoms with Crippen LogP contribution in [0.2, 0.25) is 0 Å². The van der Waals surface area contributed by atoms with E-state index in [4.69, 9.17) is 4.42 Å². The number of halogens is 1. The molecule has 0 saturated heterocycles. The number of nitrogens with one attached hydrogen (secondary N) is 1. The molecule has 2 aromatic rings. The molecule has 4 heteroatoms. The molecule has 0 unspecified atom stereocenters. The van der Waals surface area contributed by atoms with Gasteiger partial charge in [0.25, 0.3) is 5.91 Å². The van der Waals surface area contributed by atoms with Crippen molar-refractivity contribution in [3.63, 3.8) is 0 Å². The fourth-order valence-electron chi connectivity index (χ4n) is 1.44. The van der Waals surface area contributed by atoms with E-state index in [1.807, 2.05) is 37.3 Å². The first kappa shape index (κ1) is 12.2.